The van der Waals surface area contributed by atoms with Gasteiger partial charge in [-0.25, -0.2) is 14.2 Å². The number of esters is 1. The molecule has 1 atom stereocenters. The Kier molecular flexibility index (Phi) is 7.33. The molecule has 0 spiro atoms. The van der Waals surface area contributed by atoms with E-state index in [4.69, 9.17) is 14.5 Å². The van der Waals surface area contributed by atoms with Gasteiger partial charge in [-0.05, 0) is 55.3 Å². The maximum Gasteiger partial charge on any atom is 0.338 e. The fourth-order valence-electron chi connectivity index (χ4n) is 4.41. The van der Waals surface area contributed by atoms with Crippen molar-refractivity contribution < 1.29 is 18.7 Å². The van der Waals surface area contributed by atoms with Crippen LogP contribution in [0.2, 0.25) is 0 Å². The van der Waals surface area contributed by atoms with Crippen molar-refractivity contribution in [3.8, 4) is 5.75 Å². The van der Waals surface area contributed by atoms with Crippen LogP contribution in [0, 0.1) is 5.82 Å². The maximum atomic E-state index is 13.9. The minimum atomic E-state index is -0.849. The fraction of sp³-hybridized carbons (Fsp3) is 0.167. The van der Waals surface area contributed by atoms with Crippen molar-refractivity contribution in [2.75, 3.05) is 13.2 Å². The highest BCUT2D eigenvalue weighted by Gasteiger charge is 2.35. The van der Waals surface area contributed by atoms with E-state index in [1.54, 1.807) is 25.1 Å². The molecule has 0 amide bonds. The van der Waals surface area contributed by atoms with Gasteiger partial charge in [0.05, 0.1) is 35.1 Å². The van der Waals surface area contributed by atoms with E-state index in [1.807, 2.05) is 61.5 Å². The van der Waals surface area contributed by atoms with E-state index in [0.29, 0.717) is 38.5 Å². The molecular weight excluding hydrogens is 503 g/mol. The summed E-state index contributed by atoms with van der Waals surface area (Å²) >= 11 is 1.23. The Labute approximate surface area is 222 Å². The normalized spacial score (nSPS) is 15.1. The fourth-order valence-corrected chi connectivity index (χ4v) is 5.41. The average molecular weight is 529 g/mol. The van der Waals surface area contributed by atoms with Crippen LogP contribution in [0.4, 0.5) is 4.39 Å². The van der Waals surface area contributed by atoms with Crippen LogP contribution in [0.15, 0.2) is 94.2 Å². The van der Waals surface area contributed by atoms with Crippen molar-refractivity contribution in [2.24, 2.45) is 4.99 Å². The second-order valence-corrected chi connectivity index (χ2v) is 9.50. The van der Waals surface area contributed by atoms with E-state index in [2.05, 4.69) is 0 Å². The molecule has 1 aliphatic heterocycles. The van der Waals surface area contributed by atoms with Crippen molar-refractivity contribution in [1.29, 1.82) is 0 Å². The van der Waals surface area contributed by atoms with Crippen molar-refractivity contribution >= 4 is 29.1 Å². The number of aromatic nitrogens is 1. The third-order valence-electron chi connectivity index (χ3n) is 6.03. The molecule has 0 aliphatic carbocycles. The first-order valence-corrected chi connectivity index (χ1v) is 13.1. The molecule has 6 nitrogen and oxygen atoms in total. The molecule has 8 heteroatoms. The van der Waals surface area contributed by atoms with Crippen molar-refractivity contribution in [3.05, 3.63) is 127 Å². The molecule has 0 saturated heterocycles. The van der Waals surface area contributed by atoms with Crippen LogP contribution in [-0.4, -0.2) is 23.8 Å². The zero-order valence-electron chi connectivity index (χ0n) is 20.9. The van der Waals surface area contributed by atoms with Crippen LogP contribution in [-0.2, 0) is 9.53 Å². The zero-order chi connectivity index (χ0) is 26.6. The summed E-state index contributed by atoms with van der Waals surface area (Å²) in [5, 5.41) is 0. The lowest BCUT2D eigenvalue weighted by Gasteiger charge is -2.25. The van der Waals surface area contributed by atoms with E-state index in [0.717, 1.165) is 5.56 Å². The summed E-state index contributed by atoms with van der Waals surface area (Å²) < 4.78 is 26.9. The quantitative estimate of drug-likeness (QED) is 0.332. The molecule has 0 fully saturated rings. The van der Waals surface area contributed by atoms with Crippen LogP contribution >= 0.6 is 11.3 Å². The smallest absolute Gasteiger partial charge is 0.338 e. The molecule has 0 unspecified atom stereocenters. The molecule has 38 heavy (non-hydrogen) atoms. The molecular formula is C30H25FN2O4S. The third-order valence-corrected chi connectivity index (χ3v) is 7.01. The molecule has 0 bridgehead atoms. The number of benzene rings is 3. The molecule has 1 aliphatic rings. The van der Waals surface area contributed by atoms with Crippen molar-refractivity contribution in [1.82, 2.24) is 4.57 Å². The molecule has 4 aromatic rings. The van der Waals surface area contributed by atoms with Gasteiger partial charge in [0.15, 0.2) is 4.80 Å². The van der Waals surface area contributed by atoms with Gasteiger partial charge in [-0.2, -0.15) is 0 Å². The minimum absolute atomic E-state index is 0.154. The number of ether oxygens (including phenoxy) is 2. The van der Waals surface area contributed by atoms with Gasteiger partial charge >= 0.3 is 5.97 Å². The van der Waals surface area contributed by atoms with Gasteiger partial charge in [0.25, 0.3) is 5.56 Å². The summed E-state index contributed by atoms with van der Waals surface area (Å²) in [5.41, 5.74) is 2.42. The third kappa shape index (κ3) is 4.95. The Hall–Kier alpha value is -4.30. The Morgan fingerprint density at radius 2 is 1.79 bits per heavy atom. The van der Waals surface area contributed by atoms with E-state index in [1.165, 1.54) is 28.0 Å². The second-order valence-electron chi connectivity index (χ2n) is 8.49. The van der Waals surface area contributed by atoms with E-state index >= 15 is 0 Å². The zero-order valence-corrected chi connectivity index (χ0v) is 21.7. The number of halogens is 1. The van der Waals surface area contributed by atoms with Crippen LogP contribution in [0.1, 0.15) is 36.6 Å². The Bertz CT molecular complexity index is 1690. The molecule has 0 radical (unpaired) electrons. The first-order chi connectivity index (χ1) is 18.5. The summed E-state index contributed by atoms with van der Waals surface area (Å²) in [6, 6.07) is 21.7. The summed E-state index contributed by atoms with van der Waals surface area (Å²) in [6.45, 7) is 4.31. The number of nitrogens with zero attached hydrogens (tertiary/aromatic N) is 2. The Balaban J connectivity index is 1.79. The summed E-state index contributed by atoms with van der Waals surface area (Å²) in [4.78, 5) is 32.5. The van der Waals surface area contributed by atoms with Crippen LogP contribution in [0.5, 0.6) is 5.75 Å². The monoisotopic (exact) mass is 528 g/mol. The number of carbonyl (C=O) groups excluding carboxylic acids is 1. The standard InChI is InChI=1S/C30H25FN2O4S/c1-3-36-23-12-8-9-19(17-23)18-24-28(34)33-27(21-13-15-22(31)16-14-21)25(29(35)37-4-2)26(32-30(33)38-24)20-10-6-5-7-11-20/h5-18,27H,3-4H2,1-2H3/t27-/m1/s1. The largest absolute Gasteiger partial charge is 0.494 e. The van der Waals surface area contributed by atoms with E-state index in [-0.39, 0.29) is 17.7 Å². The summed E-state index contributed by atoms with van der Waals surface area (Å²) in [6.07, 6.45) is 1.78. The highest BCUT2D eigenvalue weighted by molar-refractivity contribution is 7.07. The molecule has 2 heterocycles. The molecule has 5 rings (SSSR count). The molecule has 192 valence electrons. The van der Waals surface area contributed by atoms with E-state index in [9.17, 15) is 14.0 Å². The predicted molar refractivity (Wildman–Crippen MR) is 145 cm³/mol. The van der Waals surface area contributed by atoms with Crippen molar-refractivity contribution in [2.45, 2.75) is 19.9 Å². The number of rotatable bonds is 7. The average Bonchev–Trinajstić information content (AvgIpc) is 3.23. The Morgan fingerprint density at radius 1 is 1.03 bits per heavy atom. The minimum Gasteiger partial charge on any atom is -0.494 e. The van der Waals surface area contributed by atoms with Gasteiger partial charge in [-0.15, -0.1) is 0 Å². The maximum absolute atomic E-state index is 13.9. The lowest BCUT2D eigenvalue weighted by Crippen LogP contribution is -2.40. The first-order valence-electron chi connectivity index (χ1n) is 12.3. The van der Waals surface area contributed by atoms with Crippen LogP contribution in [0.3, 0.4) is 0 Å². The lowest BCUT2D eigenvalue weighted by molar-refractivity contribution is -0.138. The van der Waals surface area contributed by atoms with Gasteiger partial charge in [0, 0.05) is 5.56 Å². The second kappa shape index (κ2) is 11.0. The van der Waals surface area contributed by atoms with Gasteiger partial charge in [0.1, 0.15) is 11.6 Å². The van der Waals surface area contributed by atoms with Gasteiger partial charge in [0.2, 0.25) is 0 Å². The summed E-state index contributed by atoms with van der Waals surface area (Å²) in [5.74, 6) is -0.294. The summed E-state index contributed by atoms with van der Waals surface area (Å²) in [7, 11) is 0. The number of hydrogen-bond acceptors (Lipinski definition) is 6. The number of hydrogen-bond donors (Lipinski definition) is 0. The molecule has 0 saturated carbocycles. The van der Waals surface area contributed by atoms with Gasteiger partial charge < -0.3 is 9.47 Å². The van der Waals surface area contributed by atoms with Crippen LogP contribution < -0.4 is 19.6 Å². The Morgan fingerprint density at radius 3 is 2.50 bits per heavy atom. The van der Waals surface area contributed by atoms with Crippen LogP contribution in [0.25, 0.3) is 11.8 Å². The topological polar surface area (TPSA) is 69.9 Å². The molecule has 3 aromatic carbocycles. The lowest BCUT2D eigenvalue weighted by atomic mass is 9.93. The molecule has 0 N–H and O–H groups in total. The van der Waals surface area contributed by atoms with E-state index < -0.39 is 17.8 Å². The number of fused-ring (bicyclic) bond motifs is 1. The highest BCUT2D eigenvalue weighted by atomic mass is 32.1. The molecule has 1 aromatic heterocycles. The number of carbonyl (C=O) groups is 1. The van der Waals surface area contributed by atoms with Gasteiger partial charge in [-0.1, -0.05) is 65.9 Å². The highest BCUT2D eigenvalue weighted by Crippen LogP contribution is 2.35. The SMILES string of the molecule is CCOC(=O)C1=C(c2ccccc2)N=c2sc(=Cc3cccc(OCC)c3)c(=O)n2[C@@H]1c1ccc(F)cc1. The first kappa shape index (κ1) is 25.4. The predicted octanol–water partition coefficient (Wildman–Crippen LogP) is 4.47. The van der Waals surface area contributed by atoms with Gasteiger partial charge in [-0.3, -0.25) is 9.36 Å². The van der Waals surface area contributed by atoms with Crippen molar-refractivity contribution in [3.63, 3.8) is 0 Å². The number of thiazole rings is 1.